The fourth-order valence-electron chi connectivity index (χ4n) is 2.46. The van der Waals surface area contributed by atoms with Crippen molar-refractivity contribution in [1.29, 1.82) is 0 Å². The first-order valence-electron chi connectivity index (χ1n) is 7.45. The summed E-state index contributed by atoms with van der Waals surface area (Å²) in [6, 6.07) is 0. The molecule has 3 nitrogen and oxygen atoms in total. The van der Waals surface area contributed by atoms with Crippen LogP contribution in [0.2, 0.25) is 5.15 Å². The number of aliphatic hydroxyl groups is 1. The Labute approximate surface area is 122 Å². The maximum Gasteiger partial charge on any atom is 0.132 e. The molecule has 0 amide bonds. The molecule has 0 saturated carbocycles. The fourth-order valence-corrected chi connectivity index (χ4v) is 2.76. The number of hydrogen-bond acceptors (Lipinski definition) is 2. The van der Waals surface area contributed by atoms with Gasteiger partial charge in [-0.25, -0.2) is 0 Å². The van der Waals surface area contributed by atoms with Crippen molar-refractivity contribution in [2.45, 2.75) is 71.3 Å². The summed E-state index contributed by atoms with van der Waals surface area (Å²) >= 11 is 6.15. The minimum absolute atomic E-state index is 0.475. The molecule has 1 N–H and O–H groups in total. The molecule has 1 aromatic rings. The van der Waals surface area contributed by atoms with E-state index in [2.05, 4.69) is 12.0 Å². The van der Waals surface area contributed by atoms with Crippen LogP contribution >= 0.6 is 11.6 Å². The van der Waals surface area contributed by atoms with E-state index in [1.54, 1.807) is 11.7 Å². The normalized spacial score (nSPS) is 12.9. The first kappa shape index (κ1) is 16.5. The average molecular weight is 287 g/mol. The zero-order valence-electron chi connectivity index (χ0n) is 12.5. The number of halogens is 1. The van der Waals surface area contributed by atoms with Crippen molar-refractivity contribution in [3.63, 3.8) is 0 Å². The van der Waals surface area contributed by atoms with E-state index in [-0.39, 0.29) is 0 Å². The second-order valence-corrected chi connectivity index (χ2v) is 5.70. The van der Waals surface area contributed by atoms with Crippen LogP contribution in [0.15, 0.2) is 0 Å². The molecule has 1 heterocycles. The summed E-state index contributed by atoms with van der Waals surface area (Å²) < 4.78 is 1.63. The molecule has 0 radical (unpaired) electrons. The SMILES string of the molecule is CCCCCCCCCC(O)c1c(C)nn(C)c1Cl. The van der Waals surface area contributed by atoms with Gasteiger partial charge in [-0.3, -0.25) is 4.68 Å². The summed E-state index contributed by atoms with van der Waals surface area (Å²) in [6.45, 7) is 4.13. The summed E-state index contributed by atoms with van der Waals surface area (Å²) in [4.78, 5) is 0. The lowest BCUT2D eigenvalue weighted by atomic mass is 10.0. The number of aryl methyl sites for hydroxylation is 2. The average Bonchev–Trinajstić information content (AvgIpc) is 2.62. The molecule has 0 aliphatic heterocycles. The van der Waals surface area contributed by atoms with Gasteiger partial charge < -0.3 is 5.11 Å². The Balaban J connectivity index is 2.26. The maximum atomic E-state index is 10.2. The molecule has 19 heavy (non-hydrogen) atoms. The predicted octanol–water partition coefficient (Wildman–Crippen LogP) is 4.56. The highest BCUT2D eigenvalue weighted by Gasteiger charge is 2.18. The van der Waals surface area contributed by atoms with Crippen LogP contribution in [-0.4, -0.2) is 14.9 Å². The molecule has 1 unspecified atom stereocenters. The highest BCUT2D eigenvalue weighted by atomic mass is 35.5. The Bertz CT molecular complexity index is 376. The highest BCUT2D eigenvalue weighted by Crippen LogP contribution is 2.29. The molecule has 110 valence electrons. The van der Waals surface area contributed by atoms with Gasteiger partial charge in [-0.1, -0.05) is 63.5 Å². The lowest BCUT2D eigenvalue weighted by Gasteiger charge is -2.10. The van der Waals surface area contributed by atoms with Gasteiger partial charge in [0.1, 0.15) is 5.15 Å². The molecule has 0 saturated heterocycles. The van der Waals surface area contributed by atoms with Crippen molar-refractivity contribution in [3.05, 3.63) is 16.4 Å². The molecular formula is C15H27ClN2O. The third kappa shape index (κ3) is 5.15. The number of rotatable bonds is 9. The van der Waals surface area contributed by atoms with E-state index in [1.165, 1.54) is 38.5 Å². The number of aromatic nitrogens is 2. The molecule has 0 aromatic carbocycles. The van der Waals surface area contributed by atoms with Gasteiger partial charge in [-0.2, -0.15) is 5.10 Å². The number of unbranched alkanes of at least 4 members (excludes halogenated alkanes) is 6. The smallest absolute Gasteiger partial charge is 0.132 e. The number of hydrogen-bond donors (Lipinski definition) is 1. The van der Waals surface area contributed by atoms with Gasteiger partial charge in [0.15, 0.2) is 0 Å². The topological polar surface area (TPSA) is 38.1 Å². The quantitative estimate of drug-likeness (QED) is 0.676. The second-order valence-electron chi connectivity index (χ2n) is 5.34. The Kier molecular flexibility index (Phi) is 7.47. The Morgan fingerprint density at radius 1 is 1.16 bits per heavy atom. The van der Waals surface area contributed by atoms with Gasteiger partial charge in [-0.05, 0) is 13.3 Å². The lowest BCUT2D eigenvalue weighted by molar-refractivity contribution is 0.162. The highest BCUT2D eigenvalue weighted by molar-refractivity contribution is 6.30. The second kappa shape index (κ2) is 8.60. The van der Waals surface area contributed by atoms with Gasteiger partial charge >= 0.3 is 0 Å². The number of aliphatic hydroxyl groups excluding tert-OH is 1. The predicted molar refractivity (Wildman–Crippen MR) is 80.5 cm³/mol. The van der Waals surface area contributed by atoms with E-state index in [0.29, 0.717) is 5.15 Å². The number of nitrogens with zero attached hydrogens (tertiary/aromatic N) is 2. The molecule has 0 fully saturated rings. The summed E-state index contributed by atoms with van der Waals surface area (Å²) in [5.74, 6) is 0. The molecule has 1 atom stereocenters. The van der Waals surface area contributed by atoms with Crippen molar-refractivity contribution in [1.82, 2.24) is 9.78 Å². The van der Waals surface area contributed by atoms with Crippen molar-refractivity contribution in [2.75, 3.05) is 0 Å². The van der Waals surface area contributed by atoms with E-state index >= 15 is 0 Å². The van der Waals surface area contributed by atoms with Gasteiger partial charge in [-0.15, -0.1) is 0 Å². The summed E-state index contributed by atoms with van der Waals surface area (Å²) in [5, 5.41) is 15.0. The van der Waals surface area contributed by atoms with Crippen LogP contribution in [0.5, 0.6) is 0 Å². The molecule has 1 aromatic heterocycles. The van der Waals surface area contributed by atoms with Crippen LogP contribution in [0.1, 0.15) is 75.7 Å². The standard InChI is InChI=1S/C15H27ClN2O/c1-4-5-6-7-8-9-10-11-13(19)14-12(2)17-18(3)15(14)16/h13,19H,4-11H2,1-3H3. The van der Waals surface area contributed by atoms with Crippen LogP contribution < -0.4 is 0 Å². The van der Waals surface area contributed by atoms with Gasteiger partial charge in [0.25, 0.3) is 0 Å². The van der Waals surface area contributed by atoms with Crippen molar-refractivity contribution >= 4 is 11.6 Å². The summed E-state index contributed by atoms with van der Waals surface area (Å²) in [7, 11) is 1.80. The van der Waals surface area contributed by atoms with E-state index in [4.69, 9.17) is 11.6 Å². The Hall–Kier alpha value is -0.540. The monoisotopic (exact) mass is 286 g/mol. The van der Waals surface area contributed by atoms with E-state index in [0.717, 1.165) is 24.1 Å². The van der Waals surface area contributed by atoms with Crippen molar-refractivity contribution < 1.29 is 5.11 Å². The van der Waals surface area contributed by atoms with Crippen LogP contribution in [0.4, 0.5) is 0 Å². The van der Waals surface area contributed by atoms with Gasteiger partial charge in [0.05, 0.1) is 11.8 Å². The minimum Gasteiger partial charge on any atom is -0.388 e. The molecule has 0 aliphatic rings. The van der Waals surface area contributed by atoms with Crippen LogP contribution in [-0.2, 0) is 7.05 Å². The molecule has 0 spiro atoms. The third-order valence-electron chi connectivity index (χ3n) is 3.61. The van der Waals surface area contributed by atoms with E-state index < -0.39 is 6.10 Å². The van der Waals surface area contributed by atoms with Gasteiger partial charge in [0.2, 0.25) is 0 Å². The van der Waals surface area contributed by atoms with Crippen molar-refractivity contribution in [3.8, 4) is 0 Å². The Morgan fingerprint density at radius 2 is 1.74 bits per heavy atom. The lowest BCUT2D eigenvalue weighted by Crippen LogP contribution is -1.99. The molecule has 1 rings (SSSR count). The zero-order valence-corrected chi connectivity index (χ0v) is 13.2. The minimum atomic E-state index is -0.475. The van der Waals surface area contributed by atoms with Crippen LogP contribution in [0.3, 0.4) is 0 Å². The summed E-state index contributed by atoms with van der Waals surface area (Å²) in [6.07, 6.45) is 9.10. The van der Waals surface area contributed by atoms with Crippen molar-refractivity contribution in [2.24, 2.45) is 7.05 Å². The molecule has 0 aliphatic carbocycles. The first-order valence-corrected chi connectivity index (χ1v) is 7.82. The van der Waals surface area contributed by atoms with Crippen LogP contribution in [0.25, 0.3) is 0 Å². The molecule has 4 heteroatoms. The summed E-state index contributed by atoms with van der Waals surface area (Å²) in [5.41, 5.74) is 1.64. The molecular weight excluding hydrogens is 260 g/mol. The Morgan fingerprint density at radius 3 is 2.26 bits per heavy atom. The third-order valence-corrected chi connectivity index (χ3v) is 4.06. The van der Waals surface area contributed by atoms with E-state index in [9.17, 15) is 5.11 Å². The fraction of sp³-hybridized carbons (Fsp3) is 0.800. The largest absolute Gasteiger partial charge is 0.388 e. The van der Waals surface area contributed by atoms with Crippen LogP contribution in [0, 0.1) is 6.92 Å². The maximum absolute atomic E-state index is 10.2. The zero-order chi connectivity index (χ0) is 14.3. The molecule has 0 bridgehead atoms. The van der Waals surface area contributed by atoms with E-state index in [1.807, 2.05) is 6.92 Å². The first-order chi connectivity index (χ1) is 9.07. The van der Waals surface area contributed by atoms with Gasteiger partial charge in [0, 0.05) is 12.6 Å².